The van der Waals surface area contributed by atoms with Crippen LogP contribution in [0.2, 0.25) is 0 Å². The molecule has 37 heavy (non-hydrogen) atoms. The van der Waals surface area contributed by atoms with Gasteiger partial charge in [0, 0.05) is 41.5 Å². The molecule has 0 N–H and O–H groups in total. The predicted octanol–water partition coefficient (Wildman–Crippen LogP) is -0.694. The van der Waals surface area contributed by atoms with Crippen molar-refractivity contribution < 1.29 is 71.4 Å². The maximum atomic E-state index is 11.9. The topological polar surface area (TPSA) is 185 Å². The molecular weight excluding hydrogens is 504 g/mol. The Balaban J connectivity index is 2.38. The summed E-state index contributed by atoms with van der Waals surface area (Å²) in [4.78, 5) is 70.3. The normalized spacial score (nSPS) is 31.3. The first-order valence-corrected chi connectivity index (χ1v) is 11.2. The minimum atomic E-state index is -1.45. The second-order valence-corrected chi connectivity index (χ2v) is 8.13. The molecule has 0 aliphatic carbocycles. The van der Waals surface area contributed by atoms with Gasteiger partial charge in [-0.1, -0.05) is 0 Å². The van der Waals surface area contributed by atoms with Gasteiger partial charge in [0.2, 0.25) is 12.4 Å². The molecule has 0 bridgehead atoms. The molecule has 2 aliphatic rings. The van der Waals surface area contributed by atoms with Gasteiger partial charge < -0.3 is 42.6 Å². The van der Waals surface area contributed by atoms with Crippen LogP contribution in [-0.4, -0.2) is 98.2 Å². The summed E-state index contributed by atoms with van der Waals surface area (Å²) in [6.07, 6.45) is -10.8. The van der Waals surface area contributed by atoms with E-state index in [2.05, 4.69) is 0 Å². The first kappa shape index (κ1) is 29.9. The number of esters is 6. The quantitative estimate of drug-likeness (QED) is 0.281. The van der Waals surface area contributed by atoms with Crippen LogP contribution in [0.3, 0.4) is 0 Å². The van der Waals surface area contributed by atoms with Crippen molar-refractivity contribution in [3.63, 3.8) is 0 Å². The molecule has 8 atom stereocenters. The highest BCUT2D eigenvalue weighted by Crippen LogP contribution is 2.30. The predicted molar refractivity (Wildman–Crippen MR) is 114 cm³/mol. The van der Waals surface area contributed by atoms with Gasteiger partial charge in [0.1, 0.15) is 6.10 Å². The first-order chi connectivity index (χ1) is 17.3. The summed E-state index contributed by atoms with van der Waals surface area (Å²) >= 11 is 0. The van der Waals surface area contributed by atoms with Gasteiger partial charge in [0.05, 0.1) is 13.2 Å². The fourth-order valence-electron chi connectivity index (χ4n) is 3.77. The van der Waals surface area contributed by atoms with Gasteiger partial charge in [-0.3, -0.25) is 28.8 Å². The Morgan fingerprint density at radius 2 is 0.811 bits per heavy atom. The molecule has 0 amide bonds. The molecule has 2 rings (SSSR count). The maximum absolute atomic E-state index is 11.9. The van der Waals surface area contributed by atoms with Crippen molar-refractivity contribution in [2.24, 2.45) is 0 Å². The second-order valence-electron chi connectivity index (χ2n) is 8.13. The fourth-order valence-corrected chi connectivity index (χ4v) is 3.77. The second kappa shape index (κ2) is 13.3. The maximum Gasteiger partial charge on any atom is 0.305 e. The van der Waals surface area contributed by atoms with Crippen molar-refractivity contribution in [1.29, 1.82) is 0 Å². The number of hydrogen-bond donors (Lipinski definition) is 0. The van der Waals surface area contributed by atoms with Crippen LogP contribution in [0, 0.1) is 0 Å². The first-order valence-electron chi connectivity index (χ1n) is 11.2. The van der Waals surface area contributed by atoms with E-state index in [1.807, 2.05) is 0 Å². The highest BCUT2D eigenvalue weighted by molar-refractivity contribution is 5.69. The van der Waals surface area contributed by atoms with E-state index in [1.54, 1.807) is 0 Å². The number of ether oxygens (including phenoxy) is 9. The number of carbonyl (C=O) groups is 6. The molecule has 2 saturated heterocycles. The molecule has 0 spiro atoms. The van der Waals surface area contributed by atoms with E-state index in [0.717, 1.165) is 41.5 Å². The lowest BCUT2D eigenvalue weighted by Crippen LogP contribution is -2.62. The van der Waals surface area contributed by atoms with E-state index in [0.29, 0.717) is 0 Å². The Kier molecular flexibility index (Phi) is 10.8. The minimum absolute atomic E-state index is 0.324. The van der Waals surface area contributed by atoms with Crippen LogP contribution in [0.15, 0.2) is 0 Å². The average molecular weight is 534 g/mol. The number of hydrogen-bond acceptors (Lipinski definition) is 15. The molecule has 208 valence electrons. The molecule has 0 saturated carbocycles. The SMILES string of the molecule is CC(=O)OC1COC(OC2COC(OC(C)=O)C(OC(C)=O)C2OC(C)=O)C(OC(C)=O)C1OC(C)=O. The lowest BCUT2D eigenvalue weighted by Gasteiger charge is -2.44. The molecular formula is C22H30O15. The Morgan fingerprint density at radius 3 is 1.27 bits per heavy atom. The number of rotatable bonds is 8. The standard InChI is InChI=1S/C22H30O15/c1-9(23)31-15-7-30-22(20(35-13(5)27)17(15)32-10(2)24)37-16-8-29-21(36-14(6)28)19(34-12(4)26)18(16)33-11(3)25/h15-22H,7-8H2,1-6H3. The molecule has 15 nitrogen and oxygen atoms in total. The highest BCUT2D eigenvalue weighted by Gasteiger charge is 2.52. The van der Waals surface area contributed by atoms with E-state index in [9.17, 15) is 28.8 Å². The van der Waals surface area contributed by atoms with Gasteiger partial charge in [0.15, 0.2) is 30.7 Å². The average Bonchev–Trinajstić information content (AvgIpc) is 2.74. The van der Waals surface area contributed by atoms with Crippen molar-refractivity contribution in [1.82, 2.24) is 0 Å². The van der Waals surface area contributed by atoms with Gasteiger partial charge in [-0.15, -0.1) is 0 Å². The summed E-state index contributed by atoms with van der Waals surface area (Å²) in [6, 6.07) is 0. The Labute approximate surface area is 211 Å². The Morgan fingerprint density at radius 1 is 0.459 bits per heavy atom. The molecule has 2 fully saturated rings. The molecule has 8 unspecified atom stereocenters. The van der Waals surface area contributed by atoms with Crippen LogP contribution in [0.4, 0.5) is 0 Å². The van der Waals surface area contributed by atoms with Crippen molar-refractivity contribution in [2.75, 3.05) is 13.2 Å². The summed E-state index contributed by atoms with van der Waals surface area (Å²) in [5, 5.41) is 0. The van der Waals surface area contributed by atoms with Crippen molar-refractivity contribution in [2.45, 2.75) is 90.7 Å². The third-order valence-corrected chi connectivity index (χ3v) is 4.88. The van der Waals surface area contributed by atoms with Crippen molar-refractivity contribution >= 4 is 35.8 Å². The Hall–Kier alpha value is -3.30. The van der Waals surface area contributed by atoms with E-state index >= 15 is 0 Å². The lowest BCUT2D eigenvalue weighted by atomic mass is 10.0. The van der Waals surface area contributed by atoms with Crippen LogP contribution in [0.25, 0.3) is 0 Å². The van der Waals surface area contributed by atoms with E-state index < -0.39 is 85.0 Å². The van der Waals surface area contributed by atoms with Crippen LogP contribution < -0.4 is 0 Å². The summed E-state index contributed by atoms with van der Waals surface area (Å²) in [7, 11) is 0. The molecule has 0 aromatic heterocycles. The molecule has 2 aliphatic heterocycles. The smallest absolute Gasteiger partial charge is 0.305 e. The third kappa shape index (κ3) is 8.94. The zero-order valence-corrected chi connectivity index (χ0v) is 21.2. The molecule has 0 aromatic carbocycles. The molecule has 2 heterocycles. The van der Waals surface area contributed by atoms with E-state index in [-0.39, 0.29) is 13.2 Å². The largest absolute Gasteiger partial charge is 0.456 e. The minimum Gasteiger partial charge on any atom is -0.456 e. The van der Waals surface area contributed by atoms with Crippen LogP contribution in [0.5, 0.6) is 0 Å². The third-order valence-electron chi connectivity index (χ3n) is 4.88. The lowest BCUT2D eigenvalue weighted by molar-refractivity contribution is -0.328. The monoisotopic (exact) mass is 534 g/mol. The summed E-state index contributed by atoms with van der Waals surface area (Å²) in [5.41, 5.74) is 0. The van der Waals surface area contributed by atoms with Crippen LogP contribution >= 0.6 is 0 Å². The fraction of sp³-hybridized carbons (Fsp3) is 0.727. The van der Waals surface area contributed by atoms with Gasteiger partial charge in [-0.25, -0.2) is 0 Å². The molecule has 15 heteroatoms. The van der Waals surface area contributed by atoms with Gasteiger partial charge >= 0.3 is 35.8 Å². The highest BCUT2D eigenvalue weighted by atomic mass is 16.8. The summed E-state index contributed by atoms with van der Waals surface area (Å²) < 4.78 is 48.3. The summed E-state index contributed by atoms with van der Waals surface area (Å²) in [5.74, 6) is -4.61. The molecule has 0 aromatic rings. The summed E-state index contributed by atoms with van der Waals surface area (Å²) in [6.45, 7) is 5.92. The van der Waals surface area contributed by atoms with E-state index in [1.165, 1.54) is 0 Å². The van der Waals surface area contributed by atoms with E-state index in [4.69, 9.17) is 42.6 Å². The molecule has 0 radical (unpaired) electrons. The van der Waals surface area contributed by atoms with Gasteiger partial charge in [-0.05, 0) is 0 Å². The van der Waals surface area contributed by atoms with Crippen LogP contribution in [0.1, 0.15) is 41.5 Å². The van der Waals surface area contributed by atoms with Gasteiger partial charge in [0.25, 0.3) is 0 Å². The zero-order valence-electron chi connectivity index (χ0n) is 21.2. The van der Waals surface area contributed by atoms with Gasteiger partial charge in [-0.2, -0.15) is 0 Å². The zero-order chi connectivity index (χ0) is 27.9. The van der Waals surface area contributed by atoms with Crippen LogP contribution in [-0.2, 0) is 71.4 Å². The van der Waals surface area contributed by atoms with Crippen molar-refractivity contribution in [3.8, 4) is 0 Å². The Bertz CT molecular complexity index is 815. The number of carbonyl (C=O) groups excluding carboxylic acids is 6. The van der Waals surface area contributed by atoms with Crippen molar-refractivity contribution in [3.05, 3.63) is 0 Å².